The fraction of sp³-hybridized carbons (Fsp3) is 0.300. The summed E-state index contributed by atoms with van der Waals surface area (Å²) in [5.74, 6) is 0.00882. The zero-order chi connectivity index (χ0) is 12.4. The Morgan fingerprint density at radius 3 is 2.94 bits per heavy atom. The van der Waals surface area contributed by atoms with E-state index in [1.165, 1.54) is 0 Å². The molecule has 0 saturated carbocycles. The summed E-state index contributed by atoms with van der Waals surface area (Å²) in [7, 11) is 0. The average Bonchev–Trinajstić information content (AvgIpc) is 2.65. The van der Waals surface area contributed by atoms with Gasteiger partial charge in [-0.05, 0) is 29.1 Å². The van der Waals surface area contributed by atoms with Crippen molar-refractivity contribution in [3.05, 3.63) is 45.3 Å². The lowest BCUT2D eigenvalue weighted by molar-refractivity contribution is 0.159. The van der Waals surface area contributed by atoms with E-state index in [2.05, 4.69) is 15.2 Å². The van der Waals surface area contributed by atoms with Crippen LogP contribution in [0.3, 0.4) is 0 Å². The van der Waals surface area contributed by atoms with Gasteiger partial charge < -0.3 is 16.0 Å². The molecule has 1 aromatic carbocycles. The molecule has 0 bridgehead atoms. The van der Waals surface area contributed by atoms with Crippen molar-refractivity contribution in [1.29, 1.82) is 0 Å². The highest BCUT2D eigenvalue weighted by atomic mass is 16.4. The van der Waals surface area contributed by atoms with Gasteiger partial charge in [-0.1, -0.05) is 22.4 Å². The molecule has 1 aliphatic rings. The van der Waals surface area contributed by atoms with Crippen molar-refractivity contribution in [3.8, 4) is 0 Å². The number of hydrogen-bond donors (Lipinski definition) is 3. The summed E-state index contributed by atoms with van der Waals surface area (Å²) < 4.78 is 0. The van der Waals surface area contributed by atoms with E-state index < -0.39 is 12.1 Å². The zero-order valence-electron chi connectivity index (χ0n) is 8.85. The minimum absolute atomic E-state index is 0.00882. The number of aliphatic hydroxyl groups excluding tert-OH is 1. The highest BCUT2D eigenvalue weighted by Gasteiger charge is 2.30. The third-order valence-electron chi connectivity index (χ3n) is 2.86. The maximum atomic E-state index is 9.88. The van der Waals surface area contributed by atoms with Gasteiger partial charge >= 0.3 is 0 Å². The first-order valence-corrected chi connectivity index (χ1v) is 5.00. The first-order valence-electron chi connectivity index (χ1n) is 5.00. The van der Waals surface area contributed by atoms with Gasteiger partial charge in [-0.3, -0.25) is 0 Å². The number of benzene rings is 1. The number of nitrogens with two attached hydrogens (primary N) is 1. The first kappa shape index (κ1) is 11.3. The summed E-state index contributed by atoms with van der Waals surface area (Å²) >= 11 is 0. The van der Waals surface area contributed by atoms with Crippen molar-refractivity contribution in [2.45, 2.75) is 18.6 Å². The van der Waals surface area contributed by atoms with E-state index in [0.717, 1.165) is 11.1 Å². The SMILES string of the molecule is [N-]=[N+]=N[C@@H]1Cc2cc(/C(N)=N/O)ccc2[C@@H]1O. The molecule has 1 aromatic rings. The molecule has 0 saturated heterocycles. The molecule has 0 aliphatic heterocycles. The molecule has 0 unspecified atom stereocenters. The third kappa shape index (κ3) is 1.89. The average molecular weight is 233 g/mol. The second kappa shape index (κ2) is 4.32. The van der Waals surface area contributed by atoms with Crippen molar-refractivity contribution in [3.63, 3.8) is 0 Å². The molecule has 0 radical (unpaired) electrons. The monoisotopic (exact) mass is 233 g/mol. The van der Waals surface area contributed by atoms with Gasteiger partial charge in [0.25, 0.3) is 0 Å². The van der Waals surface area contributed by atoms with Gasteiger partial charge in [-0.2, -0.15) is 0 Å². The maximum Gasteiger partial charge on any atom is 0.170 e. The van der Waals surface area contributed by atoms with E-state index in [1.54, 1.807) is 18.2 Å². The lowest BCUT2D eigenvalue weighted by atomic mass is 10.1. The molecule has 0 fully saturated rings. The Morgan fingerprint density at radius 2 is 2.29 bits per heavy atom. The number of oxime groups is 1. The molecule has 0 spiro atoms. The van der Waals surface area contributed by atoms with E-state index in [9.17, 15) is 5.11 Å². The Hall–Kier alpha value is -2.24. The number of fused-ring (bicyclic) bond motifs is 1. The van der Waals surface area contributed by atoms with Crippen molar-refractivity contribution in [2.24, 2.45) is 16.0 Å². The van der Waals surface area contributed by atoms with Crippen molar-refractivity contribution in [2.75, 3.05) is 0 Å². The van der Waals surface area contributed by atoms with Crippen molar-refractivity contribution < 1.29 is 10.3 Å². The molecule has 0 heterocycles. The minimum atomic E-state index is -0.790. The Kier molecular flexibility index (Phi) is 2.86. The molecule has 88 valence electrons. The Balaban J connectivity index is 2.39. The Morgan fingerprint density at radius 1 is 1.53 bits per heavy atom. The molecule has 0 amide bonds. The maximum absolute atomic E-state index is 9.88. The van der Waals surface area contributed by atoms with E-state index in [1.807, 2.05) is 0 Å². The number of hydrogen-bond acceptors (Lipinski definition) is 4. The van der Waals surface area contributed by atoms with Gasteiger partial charge in [0.2, 0.25) is 0 Å². The van der Waals surface area contributed by atoms with Crippen molar-refractivity contribution >= 4 is 5.84 Å². The summed E-state index contributed by atoms with van der Waals surface area (Å²) in [6.07, 6.45) is -0.338. The summed E-state index contributed by atoms with van der Waals surface area (Å²) in [6.45, 7) is 0. The van der Waals surface area contributed by atoms with Crippen LogP contribution in [0.2, 0.25) is 0 Å². The molecule has 1 aliphatic carbocycles. The second-order valence-corrected chi connectivity index (χ2v) is 3.82. The Labute approximate surface area is 96.8 Å². The van der Waals surface area contributed by atoms with Crippen LogP contribution in [0.4, 0.5) is 0 Å². The topological polar surface area (TPSA) is 128 Å². The van der Waals surface area contributed by atoms with Gasteiger partial charge in [0, 0.05) is 10.5 Å². The molecule has 2 atom stereocenters. The lowest BCUT2D eigenvalue weighted by Crippen LogP contribution is -2.13. The minimum Gasteiger partial charge on any atom is -0.409 e. The van der Waals surface area contributed by atoms with E-state index >= 15 is 0 Å². The third-order valence-corrected chi connectivity index (χ3v) is 2.86. The largest absolute Gasteiger partial charge is 0.409 e. The van der Waals surface area contributed by atoms with Crippen LogP contribution in [0.1, 0.15) is 22.8 Å². The summed E-state index contributed by atoms with van der Waals surface area (Å²) in [5.41, 5.74) is 16.0. The summed E-state index contributed by atoms with van der Waals surface area (Å²) in [4.78, 5) is 2.70. The molecule has 0 aromatic heterocycles. The summed E-state index contributed by atoms with van der Waals surface area (Å²) in [6, 6.07) is 4.58. The standard InChI is InChI=1S/C10H11N5O2/c11-10(14-17)5-1-2-7-6(3-5)4-8(9(7)16)13-15-12/h1-3,8-9,16-17H,4H2,(H2,11,14)/t8-,9+/m1/s1. The van der Waals surface area contributed by atoms with Gasteiger partial charge in [-0.25, -0.2) is 0 Å². The quantitative estimate of drug-likeness (QED) is 0.134. The number of amidine groups is 1. The fourth-order valence-corrected chi connectivity index (χ4v) is 2.00. The first-order chi connectivity index (χ1) is 8.17. The van der Waals surface area contributed by atoms with Crippen LogP contribution in [-0.4, -0.2) is 22.2 Å². The van der Waals surface area contributed by atoms with Crippen LogP contribution in [0.15, 0.2) is 28.5 Å². The van der Waals surface area contributed by atoms with Crippen LogP contribution in [-0.2, 0) is 6.42 Å². The highest BCUT2D eigenvalue weighted by molar-refractivity contribution is 5.97. The molecule has 17 heavy (non-hydrogen) atoms. The molecule has 7 heteroatoms. The van der Waals surface area contributed by atoms with Gasteiger partial charge in [0.15, 0.2) is 5.84 Å². The second-order valence-electron chi connectivity index (χ2n) is 3.82. The highest BCUT2D eigenvalue weighted by Crippen LogP contribution is 2.33. The van der Waals surface area contributed by atoms with Gasteiger partial charge in [0.05, 0.1) is 12.1 Å². The Bertz CT molecular complexity index is 521. The lowest BCUT2D eigenvalue weighted by Gasteiger charge is -2.08. The normalized spacial score (nSPS) is 23.0. The van der Waals surface area contributed by atoms with Crippen LogP contribution in [0.5, 0.6) is 0 Å². The summed E-state index contributed by atoms with van der Waals surface area (Å²) in [5, 5.41) is 24.9. The number of nitrogens with zero attached hydrogens (tertiary/aromatic N) is 4. The molecule has 2 rings (SSSR count). The van der Waals surface area contributed by atoms with Gasteiger partial charge in [-0.15, -0.1) is 0 Å². The van der Waals surface area contributed by atoms with Crippen LogP contribution in [0.25, 0.3) is 10.4 Å². The molecular formula is C10H11N5O2. The smallest absolute Gasteiger partial charge is 0.170 e. The number of rotatable bonds is 2. The van der Waals surface area contributed by atoms with E-state index in [0.29, 0.717) is 12.0 Å². The van der Waals surface area contributed by atoms with Crippen LogP contribution < -0.4 is 5.73 Å². The number of azide groups is 1. The van der Waals surface area contributed by atoms with E-state index in [-0.39, 0.29) is 5.84 Å². The molecular weight excluding hydrogens is 222 g/mol. The fourth-order valence-electron chi connectivity index (χ4n) is 2.00. The number of aliphatic hydroxyl groups is 1. The van der Waals surface area contributed by atoms with E-state index in [4.69, 9.17) is 16.5 Å². The van der Waals surface area contributed by atoms with Crippen LogP contribution >= 0.6 is 0 Å². The molecule has 4 N–H and O–H groups in total. The predicted molar refractivity (Wildman–Crippen MR) is 60.6 cm³/mol. The van der Waals surface area contributed by atoms with Crippen molar-refractivity contribution in [1.82, 2.24) is 0 Å². The predicted octanol–water partition coefficient (Wildman–Crippen LogP) is 1.05. The van der Waals surface area contributed by atoms with Crippen LogP contribution in [0, 0.1) is 0 Å². The molecule has 7 nitrogen and oxygen atoms in total. The van der Waals surface area contributed by atoms with Gasteiger partial charge in [0.1, 0.15) is 0 Å². The zero-order valence-corrected chi connectivity index (χ0v) is 8.85.